The summed E-state index contributed by atoms with van der Waals surface area (Å²) in [7, 11) is 0. The van der Waals surface area contributed by atoms with Gasteiger partial charge in [0.25, 0.3) is 0 Å². The average Bonchev–Trinajstić information content (AvgIpc) is 2.41. The molecular weight excluding hydrogens is 224 g/mol. The number of hydrogen-bond acceptors (Lipinski definition) is 3. The Morgan fingerprint density at radius 1 is 1.11 bits per heavy atom. The lowest BCUT2D eigenvalue weighted by Gasteiger charge is -2.10. The highest BCUT2D eigenvalue weighted by Crippen LogP contribution is 2.24. The van der Waals surface area contributed by atoms with E-state index in [1.807, 2.05) is 55.5 Å². The predicted molar refractivity (Wildman–Crippen MR) is 75.8 cm³/mol. The number of ether oxygens (including phenoxy) is 1. The van der Waals surface area contributed by atoms with E-state index in [4.69, 9.17) is 10.5 Å². The summed E-state index contributed by atoms with van der Waals surface area (Å²) in [6.45, 7) is 3.45. The molecule has 3 N–H and O–H groups in total. The van der Waals surface area contributed by atoms with Crippen LogP contribution in [0.15, 0.2) is 48.5 Å². The van der Waals surface area contributed by atoms with Gasteiger partial charge in [-0.2, -0.15) is 0 Å². The molecule has 3 heteroatoms. The lowest BCUT2D eigenvalue weighted by Crippen LogP contribution is -2.01. The van der Waals surface area contributed by atoms with Crippen molar-refractivity contribution < 1.29 is 4.74 Å². The smallest absolute Gasteiger partial charge is 0.122 e. The van der Waals surface area contributed by atoms with Crippen LogP contribution in [-0.4, -0.2) is 6.54 Å². The van der Waals surface area contributed by atoms with Gasteiger partial charge in [0.15, 0.2) is 0 Å². The molecule has 0 fully saturated rings. The Morgan fingerprint density at radius 2 is 1.89 bits per heavy atom. The van der Waals surface area contributed by atoms with Crippen molar-refractivity contribution in [2.75, 3.05) is 17.6 Å². The maximum Gasteiger partial charge on any atom is 0.122 e. The minimum atomic E-state index is 0.556. The molecule has 2 rings (SSSR count). The van der Waals surface area contributed by atoms with Gasteiger partial charge in [-0.1, -0.05) is 30.3 Å². The van der Waals surface area contributed by atoms with E-state index in [2.05, 4.69) is 5.32 Å². The second kappa shape index (κ2) is 5.96. The second-order valence-corrected chi connectivity index (χ2v) is 4.05. The Labute approximate surface area is 108 Å². The van der Waals surface area contributed by atoms with E-state index in [-0.39, 0.29) is 0 Å². The van der Waals surface area contributed by atoms with Crippen LogP contribution in [0.1, 0.15) is 12.5 Å². The van der Waals surface area contributed by atoms with Crippen molar-refractivity contribution in [2.24, 2.45) is 0 Å². The Hall–Kier alpha value is -2.16. The highest BCUT2D eigenvalue weighted by molar-refractivity contribution is 5.68. The van der Waals surface area contributed by atoms with Gasteiger partial charge in [0.2, 0.25) is 0 Å². The van der Waals surface area contributed by atoms with E-state index >= 15 is 0 Å². The Balaban J connectivity index is 2.00. The number of rotatable bonds is 5. The first-order chi connectivity index (χ1) is 8.79. The topological polar surface area (TPSA) is 47.3 Å². The van der Waals surface area contributed by atoms with Crippen LogP contribution in [0.3, 0.4) is 0 Å². The van der Waals surface area contributed by atoms with Gasteiger partial charge in [-0.15, -0.1) is 0 Å². The van der Waals surface area contributed by atoms with Gasteiger partial charge in [0, 0.05) is 12.6 Å². The molecule has 0 unspecified atom stereocenters. The van der Waals surface area contributed by atoms with E-state index in [1.54, 1.807) is 0 Å². The van der Waals surface area contributed by atoms with Crippen molar-refractivity contribution in [1.82, 2.24) is 0 Å². The summed E-state index contributed by atoms with van der Waals surface area (Å²) in [6.07, 6.45) is 0. The van der Waals surface area contributed by atoms with Crippen molar-refractivity contribution in [3.63, 3.8) is 0 Å². The van der Waals surface area contributed by atoms with Crippen LogP contribution in [0.4, 0.5) is 11.4 Å². The molecule has 0 radical (unpaired) electrons. The number of anilines is 2. The highest BCUT2D eigenvalue weighted by Gasteiger charge is 2.01. The van der Waals surface area contributed by atoms with Gasteiger partial charge in [0.05, 0.1) is 11.4 Å². The first-order valence-corrected chi connectivity index (χ1v) is 6.09. The van der Waals surface area contributed by atoms with Crippen LogP contribution in [-0.2, 0) is 6.61 Å². The van der Waals surface area contributed by atoms with E-state index in [0.717, 1.165) is 23.5 Å². The van der Waals surface area contributed by atoms with Gasteiger partial charge in [0.1, 0.15) is 12.4 Å². The molecule has 0 bridgehead atoms. The summed E-state index contributed by atoms with van der Waals surface area (Å²) in [5.41, 5.74) is 8.74. The predicted octanol–water partition coefficient (Wildman–Crippen LogP) is 3.28. The quantitative estimate of drug-likeness (QED) is 0.791. The number of benzene rings is 2. The fourth-order valence-electron chi connectivity index (χ4n) is 1.72. The fraction of sp³-hybridized carbons (Fsp3) is 0.200. The SMILES string of the molecule is CCNc1ccc(OCc2ccccc2)cc1N. The maximum absolute atomic E-state index is 5.93. The van der Waals surface area contributed by atoms with E-state index < -0.39 is 0 Å². The molecule has 3 nitrogen and oxygen atoms in total. The average molecular weight is 242 g/mol. The third-order valence-electron chi connectivity index (χ3n) is 2.64. The standard InChI is InChI=1S/C15H18N2O/c1-2-17-15-9-8-13(10-14(15)16)18-11-12-6-4-3-5-7-12/h3-10,17H,2,11,16H2,1H3. The van der Waals surface area contributed by atoms with Crippen LogP contribution >= 0.6 is 0 Å². The molecule has 0 saturated carbocycles. The molecule has 0 atom stereocenters. The highest BCUT2D eigenvalue weighted by atomic mass is 16.5. The number of nitrogen functional groups attached to an aromatic ring is 1. The molecule has 2 aromatic rings. The lowest BCUT2D eigenvalue weighted by atomic mass is 10.2. The van der Waals surface area contributed by atoms with Crippen molar-refractivity contribution in [3.05, 3.63) is 54.1 Å². The number of nitrogens with two attached hydrogens (primary N) is 1. The monoisotopic (exact) mass is 242 g/mol. The van der Waals surface area contributed by atoms with Crippen molar-refractivity contribution in [3.8, 4) is 5.75 Å². The molecule has 0 aromatic heterocycles. The molecule has 0 aliphatic carbocycles. The number of nitrogens with one attached hydrogen (secondary N) is 1. The van der Waals surface area contributed by atoms with Crippen LogP contribution in [0, 0.1) is 0 Å². The first kappa shape index (κ1) is 12.3. The molecule has 0 aliphatic rings. The van der Waals surface area contributed by atoms with Gasteiger partial charge < -0.3 is 15.8 Å². The van der Waals surface area contributed by atoms with Gasteiger partial charge >= 0.3 is 0 Å². The Morgan fingerprint density at radius 3 is 2.56 bits per heavy atom. The zero-order valence-electron chi connectivity index (χ0n) is 10.5. The zero-order chi connectivity index (χ0) is 12.8. The summed E-state index contributed by atoms with van der Waals surface area (Å²) in [5.74, 6) is 0.790. The third kappa shape index (κ3) is 3.17. The van der Waals surface area contributed by atoms with Gasteiger partial charge in [-0.3, -0.25) is 0 Å². The van der Waals surface area contributed by atoms with Crippen molar-refractivity contribution in [1.29, 1.82) is 0 Å². The van der Waals surface area contributed by atoms with Crippen molar-refractivity contribution in [2.45, 2.75) is 13.5 Å². The normalized spacial score (nSPS) is 10.1. The van der Waals surface area contributed by atoms with Crippen molar-refractivity contribution >= 4 is 11.4 Å². The minimum Gasteiger partial charge on any atom is -0.489 e. The molecule has 0 aliphatic heterocycles. The molecule has 2 aromatic carbocycles. The molecule has 0 spiro atoms. The largest absolute Gasteiger partial charge is 0.489 e. The molecule has 0 heterocycles. The maximum atomic E-state index is 5.93. The van der Waals surface area contributed by atoms with Crippen LogP contribution in [0.25, 0.3) is 0 Å². The summed E-state index contributed by atoms with van der Waals surface area (Å²) >= 11 is 0. The summed E-state index contributed by atoms with van der Waals surface area (Å²) in [4.78, 5) is 0. The Kier molecular flexibility index (Phi) is 4.07. The lowest BCUT2D eigenvalue weighted by molar-refractivity contribution is 0.306. The van der Waals surface area contributed by atoms with E-state index in [0.29, 0.717) is 12.3 Å². The molecule has 94 valence electrons. The van der Waals surface area contributed by atoms with Crippen LogP contribution < -0.4 is 15.8 Å². The molecule has 0 saturated heterocycles. The Bertz CT molecular complexity index is 497. The molecular formula is C15H18N2O. The third-order valence-corrected chi connectivity index (χ3v) is 2.64. The van der Waals surface area contributed by atoms with Gasteiger partial charge in [-0.05, 0) is 24.6 Å². The zero-order valence-corrected chi connectivity index (χ0v) is 10.5. The summed E-state index contributed by atoms with van der Waals surface area (Å²) in [5, 5.41) is 3.20. The fourth-order valence-corrected chi connectivity index (χ4v) is 1.72. The minimum absolute atomic E-state index is 0.556. The van der Waals surface area contributed by atoms with Gasteiger partial charge in [-0.25, -0.2) is 0 Å². The number of hydrogen-bond donors (Lipinski definition) is 2. The van der Waals surface area contributed by atoms with E-state index in [1.165, 1.54) is 0 Å². The molecule has 18 heavy (non-hydrogen) atoms. The molecule has 0 amide bonds. The van der Waals surface area contributed by atoms with Crippen LogP contribution in [0.2, 0.25) is 0 Å². The summed E-state index contributed by atoms with van der Waals surface area (Å²) in [6, 6.07) is 15.8. The first-order valence-electron chi connectivity index (χ1n) is 6.09. The van der Waals surface area contributed by atoms with Crippen LogP contribution in [0.5, 0.6) is 5.75 Å². The second-order valence-electron chi connectivity index (χ2n) is 4.05. The van der Waals surface area contributed by atoms with E-state index in [9.17, 15) is 0 Å². The summed E-state index contributed by atoms with van der Waals surface area (Å²) < 4.78 is 5.70.